The topological polar surface area (TPSA) is 101 Å². The van der Waals surface area contributed by atoms with E-state index in [1.807, 2.05) is 18.7 Å². The van der Waals surface area contributed by atoms with Crippen molar-refractivity contribution in [1.82, 2.24) is 14.5 Å². The van der Waals surface area contributed by atoms with E-state index >= 15 is 0 Å². The molecule has 1 rings (SSSR count). The Kier molecular flexibility index (Phi) is 10.6. The maximum Gasteiger partial charge on any atom is 0.305 e. The lowest BCUT2D eigenvalue weighted by atomic mass is 10.3. The van der Waals surface area contributed by atoms with Crippen molar-refractivity contribution < 1.29 is 22.7 Å². The molecule has 9 nitrogen and oxygen atoms in total. The van der Waals surface area contributed by atoms with Gasteiger partial charge in [-0.1, -0.05) is 0 Å². The number of guanidine groups is 1. The number of hydrogen-bond donors (Lipinski definition) is 1. The molecule has 1 saturated heterocycles. The number of piperazine rings is 1. The van der Waals surface area contributed by atoms with Crippen LogP contribution in [0.25, 0.3) is 0 Å². The van der Waals surface area contributed by atoms with Gasteiger partial charge >= 0.3 is 5.97 Å². The van der Waals surface area contributed by atoms with Crippen LogP contribution < -0.4 is 5.32 Å². The van der Waals surface area contributed by atoms with Crippen LogP contribution in [0.15, 0.2) is 4.99 Å². The molecule has 0 aliphatic carbocycles. The Bertz CT molecular complexity index is 572. The standard InChI is InChI=1S/C17H34N4O5S/c1-5-25-16(22)7-6-8-19-17(18-4)20-9-11-21(12-10-20)27(23,24)14-13-26-15(2)3/h15H,5-14H2,1-4H3,(H,18,19). The highest BCUT2D eigenvalue weighted by Crippen LogP contribution is 2.09. The minimum absolute atomic E-state index is 0.00597. The van der Waals surface area contributed by atoms with Crippen LogP contribution in [0.3, 0.4) is 0 Å². The predicted octanol–water partition coefficient (Wildman–Crippen LogP) is 0.278. The predicted molar refractivity (Wildman–Crippen MR) is 105 cm³/mol. The summed E-state index contributed by atoms with van der Waals surface area (Å²) in [4.78, 5) is 17.6. The molecule has 0 aromatic heterocycles. The van der Waals surface area contributed by atoms with Crippen molar-refractivity contribution in [2.45, 2.75) is 39.7 Å². The van der Waals surface area contributed by atoms with Crippen molar-refractivity contribution in [1.29, 1.82) is 0 Å². The average molecular weight is 407 g/mol. The van der Waals surface area contributed by atoms with Crippen LogP contribution in [-0.2, 0) is 24.3 Å². The molecule has 0 spiro atoms. The van der Waals surface area contributed by atoms with Gasteiger partial charge in [0.2, 0.25) is 10.0 Å². The average Bonchev–Trinajstić information content (AvgIpc) is 2.62. The van der Waals surface area contributed by atoms with E-state index < -0.39 is 10.0 Å². The maximum atomic E-state index is 12.4. The number of aliphatic imine (C=N–C) groups is 1. The van der Waals surface area contributed by atoms with Gasteiger partial charge in [-0.2, -0.15) is 4.31 Å². The fraction of sp³-hybridized carbons (Fsp3) is 0.882. The normalized spacial score (nSPS) is 16.6. The van der Waals surface area contributed by atoms with Gasteiger partial charge in [-0.05, 0) is 27.2 Å². The summed E-state index contributed by atoms with van der Waals surface area (Å²) in [5.74, 6) is 0.528. The molecule has 27 heavy (non-hydrogen) atoms. The van der Waals surface area contributed by atoms with Gasteiger partial charge < -0.3 is 19.7 Å². The molecule has 0 saturated carbocycles. The van der Waals surface area contributed by atoms with E-state index in [1.165, 1.54) is 4.31 Å². The van der Waals surface area contributed by atoms with E-state index in [0.717, 1.165) is 5.96 Å². The summed E-state index contributed by atoms with van der Waals surface area (Å²) in [6.07, 6.45) is 1.04. The Hall–Kier alpha value is -1.39. The van der Waals surface area contributed by atoms with Gasteiger partial charge in [0, 0.05) is 46.2 Å². The molecule has 158 valence electrons. The second kappa shape index (κ2) is 12.1. The lowest BCUT2D eigenvalue weighted by Gasteiger charge is -2.35. The third-order valence-corrected chi connectivity index (χ3v) is 5.92. The second-order valence-corrected chi connectivity index (χ2v) is 8.59. The molecular weight excluding hydrogens is 372 g/mol. The zero-order valence-corrected chi connectivity index (χ0v) is 17.8. The number of sulfonamides is 1. The van der Waals surface area contributed by atoms with Crippen molar-refractivity contribution >= 4 is 22.0 Å². The van der Waals surface area contributed by atoms with E-state index in [0.29, 0.717) is 52.2 Å². The van der Waals surface area contributed by atoms with E-state index in [9.17, 15) is 13.2 Å². The monoisotopic (exact) mass is 406 g/mol. The molecule has 0 radical (unpaired) electrons. The van der Waals surface area contributed by atoms with Gasteiger partial charge in [0.25, 0.3) is 0 Å². The quantitative estimate of drug-likeness (QED) is 0.241. The van der Waals surface area contributed by atoms with Crippen LogP contribution in [0, 0.1) is 0 Å². The highest BCUT2D eigenvalue weighted by atomic mass is 32.2. The summed E-state index contributed by atoms with van der Waals surface area (Å²) in [7, 11) is -1.61. The van der Waals surface area contributed by atoms with Crippen LogP contribution >= 0.6 is 0 Å². The summed E-state index contributed by atoms with van der Waals surface area (Å²) in [6.45, 7) is 8.76. The first-order valence-electron chi connectivity index (χ1n) is 9.50. The molecule has 1 aliphatic heterocycles. The summed E-state index contributed by atoms with van der Waals surface area (Å²) < 4.78 is 36.5. The SMILES string of the molecule is CCOC(=O)CCCNC(=NC)N1CCN(S(=O)(=O)CCOC(C)C)CC1. The number of nitrogens with one attached hydrogen (secondary N) is 1. The van der Waals surface area contributed by atoms with Gasteiger partial charge in [0.1, 0.15) is 0 Å². The number of carbonyl (C=O) groups is 1. The van der Waals surface area contributed by atoms with Gasteiger partial charge in [0.15, 0.2) is 5.96 Å². The van der Waals surface area contributed by atoms with Crippen LogP contribution in [0.5, 0.6) is 0 Å². The zero-order chi connectivity index (χ0) is 20.3. The molecule has 1 N–H and O–H groups in total. The first-order chi connectivity index (χ1) is 12.8. The van der Waals surface area contributed by atoms with Crippen molar-refractivity contribution in [3.05, 3.63) is 0 Å². The molecule has 0 aromatic rings. The lowest BCUT2D eigenvalue weighted by molar-refractivity contribution is -0.143. The molecule has 0 aromatic carbocycles. The second-order valence-electron chi connectivity index (χ2n) is 6.50. The highest BCUT2D eigenvalue weighted by molar-refractivity contribution is 7.89. The van der Waals surface area contributed by atoms with E-state index in [1.54, 1.807) is 14.0 Å². The highest BCUT2D eigenvalue weighted by Gasteiger charge is 2.27. The van der Waals surface area contributed by atoms with Gasteiger partial charge in [-0.15, -0.1) is 0 Å². The van der Waals surface area contributed by atoms with Crippen LogP contribution in [0.1, 0.15) is 33.6 Å². The molecule has 1 fully saturated rings. The molecular formula is C17H34N4O5S. The Balaban J connectivity index is 2.37. The molecule has 0 amide bonds. The van der Waals surface area contributed by atoms with Crippen molar-refractivity contribution in [2.75, 3.05) is 58.7 Å². The summed E-state index contributed by atoms with van der Waals surface area (Å²) in [5.41, 5.74) is 0. The van der Waals surface area contributed by atoms with Gasteiger partial charge in [-0.25, -0.2) is 8.42 Å². The third-order valence-electron chi connectivity index (χ3n) is 4.08. The number of carbonyl (C=O) groups excluding carboxylic acids is 1. The molecule has 1 aliphatic rings. The molecule has 1 heterocycles. The number of nitrogens with zero attached hydrogens (tertiary/aromatic N) is 3. The van der Waals surface area contributed by atoms with E-state index in [4.69, 9.17) is 9.47 Å². The number of hydrogen-bond acceptors (Lipinski definition) is 6. The van der Waals surface area contributed by atoms with Crippen LogP contribution in [0.4, 0.5) is 0 Å². The Labute approximate surface area is 163 Å². The van der Waals surface area contributed by atoms with Crippen molar-refractivity contribution in [2.24, 2.45) is 4.99 Å². The molecule has 0 atom stereocenters. The van der Waals surface area contributed by atoms with Crippen molar-refractivity contribution in [3.63, 3.8) is 0 Å². The molecule has 0 bridgehead atoms. The first-order valence-corrected chi connectivity index (χ1v) is 11.1. The fourth-order valence-corrected chi connectivity index (χ4v) is 3.98. The van der Waals surface area contributed by atoms with E-state index in [2.05, 4.69) is 10.3 Å². The molecule has 10 heteroatoms. The van der Waals surface area contributed by atoms with Crippen molar-refractivity contribution in [3.8, 4) is 0 Å². The fourth-order valence-electron chi connectivity index (χ4n) is 2.69. The van der Waals surface area contributed by atoms with Crippen LogP contribution in [-0.4, -0.2) is 94.4 Å². The van der Waals surface area contributed by atoms with Gasteiger partial charge in [-0.3, -0.25) is 9.79 Å². The summed E-state index contributed by atoms with van der Waals surface area (Å²) in [5, 5.41) is 3.22. The number of ether oxygens (including phenoxy) is 2. The summed E-state index contributed by atoms with van der Waals surface area (Å²) >= 11 is 0. The third kappa shape index (κ3) is 8.89. The summed E-state index contributed by atoms with van der Waals surface area (Å²) in [6, 6.07) is 0. The van der Waals surface area contributed by atoms with Gasteiger partial charge in [0.05, 0.1) is 25.1 Å². The smallest absolute Gasteiger partial charge is 0.305 e. The largest absolute Gasteiger partial charge is 0.466 e. The minimum atomic E-state index is -3.30. The number of esters is 1. The van der Waals surface area contributed by atoms with Crippen LogP contribution in [0.2, 0.25) is 0 Å². The van der Waals surface area contributed by atoms with E-state index in [-0.39, 0.29) is 24.4 Å². The molecule has 0 unspecified atom stereocenters. The Morgan fingerprint density at radius 3 is 2.44 bits per heavy atom. The lowest BCUT2D eigenvalue weighted by Crippen LogP contribution is -2.54. The Morgan fingerprint density at radius 2 is 1.89 bits per heavy atom. The first kappa shape index (κ1) is 23.6. The maximum absolute atomic E-state index is 12.4. The number of rotatable bonds is 10. The zero-order valence-electron chi connectivity index (χ0n) is 16.9. The minimum Gasteiger partial charge on any atom is -0.466 e. The Morgan fingerprint density at radius 1 is 1.22 bits per heavy atom.